The largest absolute Gasteiger partial charge is 0.461 e. The van der Waals surface area contributed by atoms with Gasteiger partial charge in [0.2, 0.25) is 5.91 Å². The number of nitrogens with zero attached hydrogens (tertiary/aromatic N) is 2. The molecule has 2 aromatic carbocycles. The van der Waals surface area contributed by atoms with Gasteiger partial charge in [-0.05, 0) is 55.5 Å². The molecule has 0 spiro atoms. The molecule has 180 valence electrons. The summed E-state index contributed by atoms with van der Waals surface area (Å²) in [5.74, 6) is 2.21. The first-order valence-electron chi connectivity index (χ1n) is 12.6. The number of carbonyl (C=O) groups excluding carboxylic acids is 2. The molecule has 3 heterocycles. The van der Waals surface area contributed by atoms with E-state index in [2.05, 4.69) is 6.07 Å². The van der Waals surface area contributed by atoms with E-state index in [1.165, 1.54) is 6.42 Å². The molecule has 3 aromatic rings. The zero-order valence-electron chi connectivity index (χ0n) is 19.7. The van der Waals surface area contributed by atoms with Gasteiger partial charge >= 0.3 is 0 Å². The van der Waals surface area contributed by atoms with Gasteiger partial charge in [-0.1, -0.05) is 54.8 Å². The van der Waals surface area contributed by atoms with Gasteiger partial charge in [0, 0.05) is 47.3 Å². The molecule has 3 aliphatic rings. The van der Waals surface area contributed by atoms with Crippen molar-refractivity contribution in [2.75, 3.05) is 6.54 Å². The lowest BCUT2D eigenvalue weighted by Gasteiger charge is -2.36. The molecule has 2 fully saturated rings. The van der Waals surface area contributed by atoms with Crippen molar-refractivity contribution in [1.82, 2.24) is 9.80 Å². The van der Waals surface area contributed by atoms with Crippen molar-refractivity contribution >= 4 is 23.4 Å². The highest BCUT2D eigenvalue weighted by atomic mass is 35.5. The third-order valence-electron chi connectivity index (χ3n) is 7.94. The Bertz CT molecular complexity index is 1240. The number of hydrogen-bond donors (Lipinski definition) is 0. The Balaban J connectivity index is 1.25. The summed E-state index contributed by atoms with van der Waals surface area (Å²) in [5.41, 5.74) is 2.70. The lowest BCUT2D eigenvalue weighted by atomic mass is 9.84. The van der Waals surface area contributed by atoms with Gasteiger partial charge in [0.15, 0.2) is 0 Å². The Kier molecular flexibility index (Phi) is 5.89. The van der Waals surface area contributed by atoms with Crippen LogP contribution in [0.25, 0.3) is 11.3 Å². The van der Waals surface area contributed by atoms with E-state index in [9.17, 15) is 9.59 Å². The van der Waals surface area contributed by atoms with Gasteiger partial charge in [-0.3, -0.25) is 9.59 Å². The van der Waals surface area contributed by atoms with E-state index in [1.807, 2.05) is 40.1 Å². The van der Waals surface area contributed by atoms with Gasteiger partial charge in [0.1, 0.15) is 17.6 Å². The number of benzene rings is 2. The molecule has 5 nitrogen and oxygen atoms in total. The van der Waals surface area contributed by atoms with E-state index in [1.54, 1.807) is 24.3 Å². The third-order valence-corrected chi connectivity index (χ3v) is 8.19. The Hall–Kier alpha value is -3.05. The van der Waals surface area contributed by atoms with Crippen molar-refractivity contribution in [2.24, 2.45) is 5.92 Å². The second-order valence-electron chi connectivity index (χ2n) is 10.0. The fourth-order valence-corrected chi connectivity index (χ4v) is 6.32. The number of amides is 2. The maximum absolute atomic E-state index is 13.9. The average Bonchev–Trinajstić information content (AvgIpc) is 3.50. The Morgan fingerprint density at radius 2 is 1.74 bits per heavy atom. The monoisotopic (exact) mass is 488 g/mol. The first kappa shape index (κ1) is 22.4. The summed E-state index contributed by atoms with van der Waals surface area (Å²) in [7, 11) is 0. The standard InChI is InChI=1S/C29H29ClN2O3/c30-23-12-10-20(11-13-23)28(33)32-24-9-5-4-8-21(24)16-25(32)29(34)31-15-14-26-22(18-31)17-27(35-26)19-6-2-1-3-7-19/h1-3,6-7,10-13,17,21,24-25H,4-5,8-9,14-16,18H2/t21-,24-,25-/m0/s1. The number of likely N-dealkylation sites (tertiary alicyclic amines) is 1. The Labute approximate surface area is 210 Å². The number of fused-ring (bicyclic) bond motifs is 2. The summed E-state index contributed by atoms with van der Waals surface area (Å²) < 4.78 is 6.14. The lowest BCUT2D eigenvalue weighted by molar-refractivity contribution is -0.136. The first-order chi connectivity index (χ1) is 17.1. The van der Waals surface area contributed by atoms with E-state index >= 15 is 0 Å². The SMILES string of the molecule is O=C([C@@H]1C[C@@H]2CCCC[C@@H]2N1C(=O)c1ccc(Cl)cc1)N1CCc2oc(-c3ccccc3)cc2C1. The van der Waals surface area contributed by atoms with Crippen LogP contribution in [0.1, 0.15) is 53.8 Å². The molecule has 0 N–H and O–H groups in total. The average molecular weight is 489 g/mol. The summed E-state index contributed by atoms with van der Waals surface area (Å²) in [6.07, 6.45) is 5.79. The molecular weight excluding hydrogens is 460 g/mol. The summed E-state index contributed by atoms with van der Waals surface area (Å²) in [6.45, 7) is 1.14. The summed E-state index contributed by atoms with van der Waals surface area (Å²) in [6, 6.07) is 18.9. The molecule has 0 unspecified atom stereocenters. The molecule has 6 heteroatoms. The molecule has 1 aliphatic carbocycles. The molecule has 2 aliphatic heterocycles. The molecular formula is C29H29ClN2O3. The molecule has 35 heavy (non-hydrogen) atoms. The predicted molar refractivity (Wildman–Crippen MR) is 135 cm³/mol. The number of hydrogen-bond acceptors (Lipinski definition) is 3. The van der Waals surface area contributed by atoms with Crippen molar-refractivity contribution in [3.8, 4) is 11.3 Å². The second-order valence-corrected chi connectivity index (χ2v) is 10.5. The summed E-state index contributed by atoms with van der Waals surface area (Å²) >= 11 is 6.06. The third kappa shape index (κ3) is 4.16. The topological polar surface area (TPSA) is 53.8 Å². The quantitative estimate of drug-likeness (QED) is 0.457. The predicted octanol–water partition coefficient (Wildman–Crippen LogP) is 5.96. The highest BCUT2D eigenvalue weighted by molar-refractivity contribution is 6.30. The van der Waals surface area contributed by atoms with Crippen LogP contribution < -0.4 is 0 Å². The van der Waals surface area contributed by atoms with E-state index in [0.717, 1.165) is 48.3 Å². The van der Waals surface area contributed by atoms with Crippen molar-refractivity contribution in [1.29, 1.82) is 0 Å². The van der Waals surface area contributed by atoms with E-state index in [0.29, 0.717) is 36.0 Å². The molecule has 1 saturated carbocycles. The zero-order chi connectivity index (χ0) is 23.9. The molecule has 1 saturated heterocycles. The fraction of sp³-hybridized carbons (Fsp3) is 0.379. The highest BCUT2D eigenvalue weighted by Crippen LogP contribution is 2.41. The van der Waals surface area contributed by atoms with Crippen molar-refractivity contribution in [3.63, 3.8) is 0 Å². The first-order valence-corrected chi connectivity index (χ1v) is 13.0. The highest BCUT2D eigenvalue weighted by Gasteiger charge is 2.48. The molecule has 6 rings (SSSR count). The normalized spacial score (nSPS) is 23.6. The molecule has 2 amide bonds. The van der Waals surface area contributed by atoms with Gasteiger partial charge in [0.05, 0.1) is 0 Å². The Morgan fingerprint density at radius 3 is 2.54 bits per heavy atom. The molecule has 1 aromatic heterocycles. The summed E-state index contributed by atoms with van der Waals surface area (Å²) in [5, 5.41) is 0.602. The van der Waals surface area contributed by atoms with Gasteiger partial charge in [-0.15, -0.1) is 0 Å². The van der Waals surface area contributed by atoms with Crippen LogP contribution in [0.15, 0.2) is 65.1 Å². The van der Waals surface area contributed by atoms with Gasteiger partial charge in [-0.2, -0.15) is 0 Å². The van der Waals surface area contributed by atoms with Gasteiger partial charge in [0.25, 0.3) is 5.91 Å². The summed E-state index contributed by atoms with van der Waals surface area (Å²) in [4.78, 5) is 31.4. The van der Waals surface area contributed by atoms with Crippen LogP contribution in [0, 0.1) is 5.92 Å². The van der Waals surface area contributed by atoms with Crippen LogP contribution >= 0.6 is 11.6 Å². The lowest BCUT2D eigenvalue weighted by Crippen LogP contribution is -2.51. The minimum atomic E-state index is -0.409. The zero-order valence-corrected chi connectivity index (χ0v) is 20.4. The fourth-order valence-electron chi connectivity index (χ4n) is 6.19. The number of carbonyl (C=O) groups is 2. The minimum Gasteiger partial charge on any atom is -0.461 e. The van der Waals surface area contributed by atoms with E-state index < -0.39 is 6.04 Å². The van der Waals surface area contributed by atoms with Crippen LogP contribution in [-0.2, 0) is 17.8 Å². The maximum atomic E-state index is 13.9. The maximum Gasteiger partial charge on any atom is 0.254 e. The van der Waals surface area contributed by atoms with Gasteiger partial charge in [-0.25, -0.2) is 0 Å². The van der Waals surface area contributed by atoms with Crippen LogP contribution in [-0.4, -0.2) is 40.2 Å². The van der Waals surface area contributed by atoms with Crippen LogP contribution in [0.5, 0.6) is 0 Å². The van der Waals surface area contributed by atoms with Gasteiger partial charge < -0.3 is 14.2 Å². The molecule has 0 radical (unpaired) electrons. The van der Waals surface area contributed by atoms with E-state index in [-0.39, 0.29) is 17.9 Å². The van der Waals surface area contributed by atoms with Crippen LogP contribution in [0.3, 0.4) is 0 Å². The van der Waals surface area contributed by atoms with Crippen molar-refractivity contribution in [2.45, 2.75) is 57.2 Å². The second kappa shape index (κ2) is 9.19. The number of halogens is 1. The van der Waals surface area contributed by atoms with Crippen molar-refractivity contribution < 1.29 is 14.0 Å². The molecule has 3 atom stereocenters. The van der Waals surface area contributed by atoms with E-state index in [4.69, 9.17) is 16.0 Å². The smallest absolute Gasteiger partial charge is 0.254 e. The number of rotatable bonds is 3. The van der Waals surface area contributed by atoms with Crippen molar-refractivity contribution in [3.05, 3.63) is 82.6 Å². The number of furan rings is 1. The molecule has 0 bridgehead atoms. The Morgan fingerprint density at radius 1 is 0.971 bits per heavy atom. The minimum absolute atomic E-state index is 0.0539. The van der Waals surface area contributed by atoms with Crippen LogP contribution in [0.2, 0.25) is 5.02 Å². The van der Waals surface area contributed by atoms with Crippen LogP contribution in [0.4, 0.5) is 0 Å².